The first kappa shape index (κ1) is 21.0. The summed E-state index contributed by atoms with van der Waals surface area (Å²) in [4.78, 5) is 46.6. The molecule has 0 bridgehead atoms. The van der Waals surface area contributed by atoms with Crippen LogP contribution in [-0.4, -0.2) is 64.4 Å². The van der Waals surface area contributed by atoms with Crippen LogP contribution in [0.1, 0.15) is 23.2 Å². The highest BCUT2D eigenvalue weighted by Crippen LogP contribution is 2.23. The van der Waals surface area contributed by atoms with Crippen molar-refractivity contribution in [3.8, 4) is 0 Å². The molecule has 0 radical (unpaired) electrons. The SMILES string of the molecule is Cn1c(N2CCN(C(=O)CCC3NC(=O)c4ccccc4NC3=O)CC2)nc2ccccc21. The average molecular weight is 447 g/mol. The van der Waals surface area contributed by atoms with Gasteiger partial charge in [0.2, 0.25) is 17.8 Å². The molecule has 3 aromatic rings. The van der Waals surface area contributed by atoms with Crippen molar-refractivity contribution in [3.63, 3.8) is 0 Å². The Balaban J connectivity index is 1.17. The molecular weight excluding hydrogens is 420 g/mol. The van der Waals surface area contributed by atoms with E-state index in [1.54, 1.807) is 24.3 Å². The van der Waals surface area contributed by atoms with Gasteiger partial charge in [-0.15, -0.1) is 0 Å². The topological polar surface area (TPSA) is 99.6 Å². The van der Waals surface area contributed by atoms with Gasteiger partial charge in [-0.25, -0.2) is 4.98 Å². The van der Waals surface area contributed by atoms with Gasteiger partial charge in [0.1, 0.15) is 6.04 Å². The van der Waals surface area contributed by atoms with E-state index in [1.807, 2.05) is 36.2 Å². The van der Waals surface area contributed by atoms with E-state index in [0.717, 1.165) is 17.0 Å². The number of carbonyl (C=O) groups is 3. The van der Waals surface area contributed by atoms with Crippen molar-refractivity contribution >= 4 is 40.4 Å². The second-order valence-electron chi connectivity index (χ2n) is 8.43. The van der Waals surface area contributed by atoms with Crippen LogP contribution in [-0.2, 0) is 16.6 Å². The fourth-order valence-electron chi connectivity index (χ4n) is 4.51. The van der Waals surface area contributed by atoms with Crippen LogP contribution in [0.15, 0.2) is 48.5 Å². The lowest BCUT2D eigenvalue weighted by molar-refractivity contribution is -0.131. The number of imidazole rings is 1. The number of aryl methyl sites for hydroxylation is 1. The first-order chi connectivity index (χ1) is 16.0. The van der Waals surface area contributed by atoms with E-state index < -0.39 is 6.04 Å². The van der Waals surface area contributed by atoms with Gasteiger partial charge in [0.25, 0.3) is 5.91 Å². The number of anilines is 2. The monoisotopic (exact) mass is 446 g/mol. The second-order valence-corrected chi connectivity index (χ2v) is 8.43. The van der Waals surface area contributed by atoms with Crippen molar-refractivity contribution in [2.45, 2.75) is 18.9 Å². The summed E-state index contributed by atoms with van der Waals surface area (Å²) in [5.41, 5.74) is 2.96. The molecule has 2 N–H and O–H groups in total. The van der Waals surface area contributed by atoms with Gasteiger partial charge in [0.05, 0.1) is 22.3 Å². The molecule has 0 saturated carbocycles. The van der Waals surface area contributed by atoms with Crippen molar-refractivity contribution < 1.29 is 14.4 Å². The molecule has 1 fully saturated rings. The minimum Gasteiger partial charge on any atom is -0.340 e. The Labute approximate surface area is 191 Å². The zero-order chi connectivity index (χ0) is 22.9. The average Bonchev–Trinajstić information content (AvgIpc) is 3.12. The minimum atomic E-state index is -0.741. The van der Waals surface area contributed by atoms with Crippen LogP contribution in [0.3, 0.4) is 0 Å². The summed E-state index contributed by atoms with van der Waals surface area (Å²) < 4.78 is 2.08. The Morgan fingerprint density at radius 3 is 2.55 bits per heavy atom. The number of nitrogens with one attached hydrogen (secondary N) is 2. The van der Waals surface area contributed by atoms with Crippen molar-refractivity contribution in [2.75, 3.05) is 36.4 Å². The third kappa shape index (κ3) is 4.02. The third-order valence-electron chi connectivity index (χ3n) is 6.38. The maximum atomic E-state index is 12.8. The zero-order valence-corrected chi connectivity index (χ0v) is 18.5. The van der Waals surface area contributed by atoms with E-state index in [4.69, 9.17) is 4.98 Å². The number of carbonyl (C=O) groups excluding carboxylic acids is 3. The molecule has 5 rings (SSSR count). The van der Waals surface area contributed by atoms with Gasteiger partial charge in [-0.2, -0.15) is 0 Å². The van der Waals surface area contributed by atoms with E-state index >= 15 is 0 Å². The Morgan fingerprint density at radius 2 is 1.76 bits per heavy atom. The molecule has 1 saturated heterocycles. The van der Waals surface area contributed by atoms with Crippen LogP contribution in [0.2, 0.25) is 0 Å². The molecule has 170 valence electrons. The normalized spacial score (nSPS) is 18.5. The smallest absolute Gasteiger partial charge is 0.254 e. The summed E-state index contributed by atoms with van der Waals surface area (Å²) in [6, 6.07) is 14.2. The van der Waals surface area contributed by atoms with E-state index in [0.29, 0.717) is 37.4 Å². The van der Waals surface area contributed by atoms with Crippen molar-refractivity contribution in [3.05, 3.63) is 54.1 Å². The van der Waals surface area contributed by atoms with Crippen molar-refractivity contribution in [2.24, 2.45) is 7.05 Å². The number of fused-ring (bicyclic) bond motifs is 2. The maximum absolute atomic E-state index is 12.8. The fraction of sp³-hybridized carbons (Fsp3) is 0.333. The standard InChI is InChI=1S/C24H26N6O3/c1-28-20-9-5-4-8-18(20)27-24(28)30-14-12-29(13-15-30)21(31)11-10-19-23(33)25-17-7-3-2-6-16(17)22(32)26-19/h2-9,19H,10-15H2,1H3,(H,25,33)(H,26,32). The Hall–Kier alpha value is -3.88. The Morgan fingerprint density at radius 1 is 1.03 bits per heavy atom. The van der Waals surface area contributed by atoms with Crippen molar-refractivity contribution in [1.29, 1.82) is 0 Å². The lowest BCUT2D eigenvalue weighted by atomic mass is 10.1. The van der Waals surface area contributed by atoms with Gasteiger partial charge in [-0.05, 0) is 30.7 Å². The molecule has 2 aliphatic rings. The number of amides is 3. The summed E-state index contributed by atoms with van der Waals surface area (Å²) in [5.74, 6) is 0.286. The number of benzene rings is 2. The Kier molecular flexibility index (Phi) is 5.45. The predicted molar refractivity (Wildman–Crippen MR) is 125 cm³/mol. The highest BCUT2D eigenvalue weighted by Gasteiger charge is 2.29. The van der Waals surface area contributed by atoms with Gasteiger partial charge < -0.3 is 25.0 Å². The molecule has 1 unspecified atom stereocenters. The molecule has 2 aliphatic heterocycles. The number of nitrogens with zero attached hydrogens (tertiary/aromatic N) is 4. The van der Waals surface area contributed by atoms with Crippen LogP contribution >= 0.6 is 0 Å². The number of para-hydroxylation sites is 3. The molecule has 1 atom stereocenters. The number of hydrogen-bond donors (Lipinski definition) is 2. The van der Waals surface area contributed by atoms with Gasteiger partial charge in [-0.3, -0.25) is 14.4 Å². The number of hydrogen-bond acceptors (Lipinski definition) is 5. The predicted octanol–water partition coefficient (Wildman–Crippen LogP) is 1.75. The summed E-state index contributed by atoms with van der Waals surface area (Å²) in [6.45, 7) is 2.57. The largest absolute Gasteiger partial charge is 0.340 e. The number of aromatic nitrogens is 2. The lowest BCUT2D eigenvalue weighted by Gasteiger charge is -2.35. The molecule has 9 nitrogen and oxygen atoms in total. The molecule has 3 heterocycles. The first-order valence-electron chi connectivity index (χ1n) is 11.2. The van der Waals surface area contributed by atoms with E-state index in [1.165, 1.54) is 0 Å². The van der Waals surface area contributed by atoms with Gasteiger partial charge >= 0.3 is 0 Å². The lowest BCUT2D eigenvalue weighted by Crippen LogP contribution is -2.50. The molecule has 33 heavy (non-hydrogen) atoms. The molecule has 3 amide bonds. The summed E-state index contributed by atoms with van der Waals surface area (Å²) in [5, 5.41) is 5.53. The summed E-state index contributed by atoms with van der Waals surface area (Å²) in [6.07, 6.45) is 0.455. The van der Waals surface area contributed by atoms with Crippen LogP contribution in [0.4, 0.5) is 11.6 Å². The van der Waals surface area contributed by atoms with Crippen LogP contribution in [0, 0.1) is 0 Å². The highest BCUT2D eigenvalue weighted by atomic mass is 16.2. The Bertz CT molecular complexity index is 1230. The van der Waals surface area contributed by atoms with Crippen LogP contribution < -0.4 is 15.5 Å². The first-order valence-corrected chi connectivity index (χ1v) is 11.2. The molecule has 1 aromatic heterocycles. The third-order valence-corrected chi connectivity index (χ3v) is 6.38. The van der Waals surface area contributed by atoms with E-state index in [2.05, 4.69) is 20.1 Å². The second kappa shape index (κ2) is 8.57. The molecule has 2 aromatic carbocycles. The molecule has 0 aliphatic carbocycles. The molecule has 9 heteroatoms. The minimum absolute atomic E-state index is 0.0107. The van der Waals surface area contributed by atoms with Gasteiger partial charge in [0, 0.05) is 39.6 Å². The van der Waals surface area contributed by atoms with Crippen molar-refractivity contribution in [1.82, 2.24) is 19.8 Å². The quantitative estimate of drug-likeness (QED) is 0.636. The highest BCUT2D eigenvalue weighted by molar-refractivity contribution is 6.09. The fourth-order valence-corrected chi connectivity index (χ4v) is 4.51. The zero-order valence-electron chi connectivity index (χ0n) is 18.5. The van der Waals surface area contributed by atoms with E-state index in [9.17, 15) is 14.4 Å². The molecular formula is C24H26N6O3. The number of rotatable bonds is 4. The summed E-state index contributed by atoms with van der Waals surface area (Å²) in [7, 11) is 2.01. The van der Waals surface area contributed by atoms with E-state index in [-0.39, 0.29) is 30.6 Å². The van der Waals surface area contributed by atoms with Gasteiger partial charge in [0.15, 0.2) is 0 Å². The number of piperazine rings is 1. The van der Waals surface area contributed by atoms with Crippen LogP contribution in [0.25, 0.3) is 11.0 Å². The maximum Gasteiger partial charge on any atom is 0.254 e. The summed E-state index contributed by atoms with van der Waals surface area (Å²) >= 11 is 0. The van der Waals surface area contributed by atoms with Crippen LogP contribution in [0.5, 0.6) is 0 Å². The molecule has 0 spiro atoms. The van der Waals surface area contributed by atoms with Gasteiger partial charge in [-0.1, -0.05) is 24.3 Å².